The van der Waals surface area contributed by atoms with Gasteiger partial charge in [0.15, 0.2) is 5.69 Å². The molecule has 1 aromatic heterocycles. The lowest BCUT2D eigenvalue weighted by Gasteiger charge is -2.27. The zero-order chi connectivity index (χ0) is 17.4. The summed E-state index contributed by atoms with van der Waals surface area (Å²) in [5.41, 5.74) is -0.285. The Hall–Kier alpha value is -1.50. The number of hydrogen-bond acceptors (Lipinski definition) is 5. The van der Waals surface area contributed by atoms with Gasteiger partial charge in [0.1, 0.15) is 11.8 Å². The highest BCUT2D eigenvalue weighted by molar-refractivity contribution is 7.99. The van der Waals surface area contributed by atoms with Gasteiger partial charge in [0, 0.05) is 22.8 Å². The zero-order valence-electron chi connectivity index (χ0n) is 14.6. The van der Waals surface area contributed by atoms with Crippen molar-refractivity contribution in [3.63, 3.8) is 0 Å². The van der Waals surface area contributed by atoms with E-state index in [1.165, 1.54) is 0 Å². The minimum Gasteiger partial charge on any atom is -0.360 e. The summed E-state index contributed by atoms with van der Waals surface area (Å²) in [6.45, 7) is 11.7. The molecule has 1 atom stereocenters. The van der Waals surface area contributed by atoms with Gasteiger partial charge in [0.2, 0.25) is 5.91 Å². The molecule has 1 N–H and O–H groups in total. The van der Waals surface area contributed by atoms with Gasteiger partial charge in [-0.05, 0) is 20.8 Å². The van der Waals surface area contributed by atoms with E-state index in [0.717, 1.165) is 0 Å². The first-order valence-electron chi connectivity index (χ1n) is 7.67. The van der Waals surface area contributed by atoms with Gasteiger partial charge in [-0.3, -0.25) is 9.59 Å². The zero-order valence-corrected chi connectivity index (χ0v) is 15.4. The van der Waals surface area contributed by atoms with Crippen LogP contribution < -0.4 is 5.32 Å². The Morgan fingerprint density at radius 2 is 1.96 bits per heavy atom. The second-order valence-electron chi connectivity index (χ2n) is 7.86. The minimum atomic E-state index is -0.471. The monoisotopic (exact) mass is 339 g/mol. The molecule has 0 aromatic carbocycles. The fourth-order valence-corrected chi connectivity index (χ4v) is 3.34. The number of nitrogens with zero attached hydrogens (tertiary/aromatic N) is 2. The lowest BCUT2D eigenvalue weighted by Crippen LogP contribution is -2.52. The van der Waals surface area contributed by atoms with Gasteiger partial charge in [-0.25, -0.2) is 0 Å². The smallest absolute Gasteiger partial charge is 0.277 e. The molecule has 23 heavy (non-hydrogen) atoms. The maximum Gasteiger partial charge on any atom is 0.277 e. The molecule has 2 heterocycles. The van der Waals surface area contributed by atoms with E-state index < -0.39 is 6.04 Å². The molecule has 0 radical (unpaired) electrons. The molecular formula is C16H25N3O3S. The fourth-order valence-electron chi connectivity index (χ4n) is 2.19. The number of aromatic nitrogens is 1. The maximum absolute atomic E-state index is 12.7. The van der Waals surface area contributed by atoms with Gasteiger partial charge >= 0.3 is 0 Å². The lowest BCUT2D eigenvalue weighted by molar-refractivity contribution is -0.125. The second-order valence-corrected chi connectivity index (χ2v) is 8.86. The molecule has 1 fully saturated rings. The predicted molar refractivity (Wildman–Crippen MR) is 90.4 cm³/mol. The van der Waals surface area contributed by atoms with Crippen LogP contribution in [0.3, 0.4) is 0 Å². The van der Waals surface area contributed by atoms with E-state index in [4.69, 9.17) is 4.52 Å². The second kappa shape index (κ2) is 6.19. The topological polar surface area (TPSA) is 75.4 Å². The molecule has 1 aliphatic heterocycles. The number of hydrogen-bond donors (Lipinski definition) is 1. The van der Waals surface area contributed by atoms with Crippen molar-refractivity contribution in [2.24, 2.45) is 0 Å². The summed E-state index contributed by atoms with van der Waals surface area (Å²) < 4.78 is 5.28. The highest BCUT2D eigenvalue weighted by Gasteiger charge is 2.37. The van der Waals surface area contributed by atoms with Crippen LogP contribution >= 0.6 is 11.8 Å². The standard InChI is InChI=1S/C16H25N3O3S/c1-15(2,3)12-7-10(18-22-12)14(21)19-9-23-8-11(19)13(20)17-16(4,5)6/h7,11H,8-9H2,1-6H3,(H,17,20). The van der Waals surface area contributed by atoms with Crippen LogP contribution in [0.1, 0.15) is 57.8 Å². The minimum absolute atomic E-state index is 0.129. The normalized spacial score (nSPS) is 19.0. The maximum atomic E-state index is 12.7. The molecule has 0 saturated carbocycles. The van der Waals surface area contributed by atoms with Crippen molar-refractivity contribution in [1.82, 2.24) is 15.4 Å². The fraction of sp³-hybridized carbons (Fsp3) is 0.688. The van der Waals surface area contributed by atoms with Crippen LogP contribution in [0, 0.1) is 0 Å². The van der Waals surface area contributed by atoms with Gasteiger partial charge in [0.25, 0.3) is 5.91 Å². The summed E-state index contributed by atoms with van der Waals surface area (Å²) in [6, 6.07) is 1.20. The summed E-state index contributed by atoms with van der Waals surface area (Å²) in [6.07, 6.45) is 0. The molecule has 128 valence electrons. The van der Waals surface area contributed by atoms with Crippen LogP contribution in [0.4, 0.5) is 0 Å². The van der Waals surface area contributed by atoms with Crippen molar-refractivity contribution in [3.8, 4) is 0 Å². The average Bonchev–Trinajstić information content (AvgIpc) is 3.04. The summed E-state index contributed by atoms with van der Waals surface area (Å²) in [5, 5.41) is 6.83. The van der Waals surface area contributed by atoms with Crippen LogP contribution in [0.5, 0.6) is 0 Å². The number of amides is 2. The van der Waals surface area contributed by atoms with Gasteiger partial charge in [-0.2, -0.15) is 0 Å². The Bertz CT molecular complexity index is 598. The number of rotatable bonds is 2. The SMILES string of the molecule is CC(C)(C)NC(=O)C1CSCN1C(=O)c1cc(C(C)(C)C)on1. The Morgan fingerprint density at radius 3 is 2.48 bits per heavy atom. The van der Waals surface area contributed by atoms with Crippen LogP contribution in [0.15, 0.2) is 10.6 Å². The Labute approximate surface area is 141 Å². The first-order valence-corrected chi connectivity index (χ1v) is 8.82. The molecule has 2 rings (SSSR count). The van der Waals surface area contributed by atoms with Gasteiger partial charge in [-0.15, -0.1) is 11.8 Å². The Morgan fingerprint density at radius 1 is 1.30 bits per heavy atom. The van der Waals surface area contributed by atoms with E-state index in [9.17, 15) is 9.59 Å². The molecule has 1 aromatic rings. The molecule has 6 nitrogen and oxygen atoms in total. The molecule has 1 unspecified atom stereocenters. The van der Waals surface area contributed by atoms with Crippen LogP contribution in [0.2, 0.25) is 0 Å². The van der Waals surface area contributed by atoms with Crippen molar-refractivity contribution >= 4 is 23.6 Å². The van der Waals surface area contributed by atoms with Crippen molar-refractivity contribution in [2.45, 2.75) is 58.5 Å². The lowest BCUT2D eigenvalue weighted by atomic mass is 9.93. The highest BCUT2D eigenvalue weighted by atomic mass is 32.2. The predicted octanol–water partition coefficient (Wildman–Crippen LogP) is 2.40. The van der Waals surface area contributed by atoms with Crippen LogP contribution in [0.25, 0.3) is 0 Å². The molecular weight excluding hydrogens is 314 g/mol. The first kappa shape index (κ1) is 17.8. The van der Waals surface area contributed by atoms with Crippen molar-refractivity contribution in [1.29, 1.82) is 0 Å². The molecule has 7 heteroatoms. The van der Waals surface area contributed by atoms with Crippen molar-refractivity contribution in [3.05, 3.63) is 17.5 Å². The average molecular weight is 339 g/mol. The molecule has 0 aliphatic carbocycles. The molecule has 2 amide bonds. The number of carbonyl (C=O) groups is 2. The highest BCUT2D eigenvalue weighted by Crippen LogP contribution is 2.26. The molecule has 0 spiro atoms. The molecule has 1 aliphatic rings. The van der Waals surface area contributed by atoms with E-state index >= 15 is 0 Å². The quantitative estimate of drug-likeness (QED) is 0.895. The number of carbonyl (C=O) groups excluding carboxylic acids is 2. The third-order valence-electron chi connectivity index (χ3n) is 3.41. The van der Waals surface area contributed by atoms with Crippen LogP contribution in [-0.2, 0) is 10.2 Å². The largest absolute Gasteiger partial charge is 0.360 e. The van der Waals surface area contributed by atoms with E-state index in [2.05, 4.69) is 10.5 Å². The summed E-state index contributed by atoms with van der Waals surface area (Å²) in [5.74, 6) is 1.35. The van der Waals surface area contributed by atoms with E-state index in [-0.39, 0.29) is 28.5 Å². The van der Waals surface area contributed by atoms with Crippen LogP contribution in [-0.4, -0.2) is 45.1 Å². The Balaban J connectivity index is 2.15. The molecule has 0 bridgehead atoms. The molecule has 1 saturated heterocycles. The van der Waals surface area contributed by atoms with E-state index in [1.54, 1.807) is 22.7 Å². The van der Waals surface area contributed by atoms with E-state index in [1.807, 2.05) is 41.5 Å². The third-order valence-corrected chi connectivity index (χ3v) is 4.42. The Kier molecular flexibility index (Phi) is 4.80. The van der Waals surface area contributed by atoms with E-state index in [0.29, 0.717) is 17.4 Å². The summed E-state index contributed by atoms with van der Waals surface area (Å²) >= 11 is 1.57. The first-order chi connectivity index (χ1) is 10.5. The van der Waals surface area contributed by atoms with Gasteiger partial charge in [0.05, 0.1) is 5.88 Å². The van der Waals surface area contributed by atoms with Gasteiger partial charge in [-0.1, -0.05) is 25.9 Å². The van der Waals surface area contributed by atoms with Crippen molar-refractivity contribution in [2.75, 3.05) is 11.6 Å². The number of thioether (sulfide) groups is 1. The van der Waals surface area contributed by atoms with Gasteiger partial charge < -0.3 is 14.7 Å². The summed E-state index contributed by atoms with van der Waals surface area (Å²) in [4.78, 5) is 26.7. The third kappa shape index (κ3) is 4.28. The number of nitrogens with one attached hydrogen (secondary N) is 1. The summed E-state index contributed by atoms with van der Waals surface area (Å²) in [7, 11) is 0. The van der Waals surface area contributed by atoms with Crippen molar-refractivity contribution < 1.29 is 14.1 Å².